The summed E-state index contributed by atoms with van der Waals surface area (Å²) in [5, 5.41) is 3.45. The molecule has 1 atom stereocenters. The van der Waals surface area contributed by atoms with Gasteiger partial charge in [-0.3, -0.25) is 14.9 Å². The maximum Gasteiger partial charge on any atom is 0.257 e. The minimum absolute atomic E-state index is 0.139. The number of nitrogens with one attached hydrogen (secondary N) is 1. The highest BCUT2D eigenvalue weighted by Crippen LogP contribution is 2.37. The van der Waals surface area contributed by atoms with Gasteiger partial charge in [-0.15, -0.1) is 11.3 Å². The molecule has 2 heterocycles. The summed E-state index contributed by atoms with van der Waals surface area (Å²) in [5.74, 6) is -0.233. The number of fused-ring (bicyclic) bond motifs is 1. The smallest absolute Gasteiger partial charge is 0.257 e. The number of amides is 2. The van der Waals surface area contributed by atoms with Gasteiger partial charge in [0.2, 0.25) is 5.91 Å². The van der Waals surface area contributed by atoms with Gasteiger partial charge in [0, 0.05) is 23.5 Å². The van der Waals surface area contributed by atoms with Crippen molar-refractivity contribution in [2.75, 3.05) is 31.6 Å². The second-order valence-electron chi connectivity index (χ2n) is 6.53. The summed E-state index contributed by atoms with van der Waals surface area (Å²) < 4.78 is 5.34. The fourth-order valence-electron chi connectivity index (χ4n) is 3.48. The van der Waals surface area contributed by atoms with Crippen LogP contribution in [-0.2, 0) is 16.0 Å². The Bertz CT molecular complexity index is 800. The van der Waals surface area contributed by atoms with Crippen LogP contribution in [0.2, 0.25) is 0 Å². The number of carbonyl (C=O) groups is 2. The molecule has 1 aliphatic heterocycles. The predicted molar refractivity (Wildman–Crippen MR) is 99.6 cm³/mol. The highest BCUT2D eigenvalue weighted by Gasteiger charge is 2.33. The van der Waals surface area contributed by atoms with Crippen LogP contribution in [0.15, 0.2) is 30.3 Å². The summed E-state index contributed by atoms with van der Waals surface area (Å²) >= 11 is 1.49. The monoisotopic (exact) mass is 371 g/mol. The summed E-state index contributed by atoms with van der Waals surface area (Å²) in [7, 11) is 0. The van der Waals surface area contributed by atoms with Crippen LogP contribution >= 0.6 is 11.3 Å². The maximum absolute atomic E-state index is 12.9. The van der Waals surface area contributed by atoms with Gasteiger partial charge in [0.25, 0.3) is 5.91 Å². The highest BCUT2D eigenvalue weighted by molar-refractivity contribution is 7.15. The number of anilines is 1. The first-order valence-corrected chi connectivity index (χ1v) is 9.76. The molecule has 0 radical (unpaired) electrons. The van der Waals surface area contributed by atoms with Gasteiger partial charge in [-0.05, 0) is 31.4 Å². The first-order valence-electron chi connectivity index (χ1n) is 8.95. The van der Waals surface area contributed by atoms with Crippen molar-refractivity contribution in [2.24, 2.45) is 0 Å². The van der Waals surface area contributed by atoms with Crippen LogP contribution in [0.5, 0.6) is 0 Å². The van der Waals surface area contributed by atoms with Crippen molar-refractivity contribution in [3.8, 4) is 0 Å². The lowest BCUT2D eigenvalue weighted by Crippen LogP contribution is -2.43. The van der Waals surface area contributed by atoms with Gasteiger partial charge in [-0.2, -0.15) is 0 Å². The molecule has 4 rings (SSSR count). The first-order chi connectivity index (χ1) is 12.7. The number of aryl methyl sites for hydroxylation is 1. The third-order valence-electron chi connectivity index (χ3n) is 4.83. The molecule has 2 aliphatic rings. The number of hydrogen-bond acceptors (Lipinski definition) is 5. The standard InChI is InChI=1S/C19H21N3O3S/c23-17(13-5-2-1-3-6-13)21-19-20-16-14(7-4-8-15(16)26-19)18(24)22-9-11-25-12-10-22/h1-3,5-6,14H,4,7-12H2,(H,20,21,23). The van der Waals surface area contributed by atoms with Gasteiger partial charge in [-0.25, -0.2) is 4.98 Å². The Hall–Kier alpha value is -2.25. The Morgan fingerprint density at radius 1 is 1.19 bits per heavy atom. The van der Waals surface area contributed by atoms with Gasteiger partial charge in [0.15, 0.2) is 5.13 Å². The number of aromatic nitrogens is 1. The Balaban J connectivity index is 1.52. The lowest BCUT2D eigenvalue weighted by molar-refractivity contribution is -0.137. The summed E-state index contributed by atoms with van der Waals surface area (Å²) in [5.41, 5.74) is 1.45. The van der Waals surface area contributed by atoms with E-state index >= 15 is 0 Å². The van der Waals surface area contributed by atoms with E-state index in [9.17, 15) is 9.59 Å². The fraction of sp³-hybridized carbons (Fsp3) is 0.421. The zero-order chi connectivity index (χ0) is 17.9. The molecule has 0 spiro atoms. The number of hydrogen-bond donors (Lipinski definition) is 1. The number of morpholine rings is 1. The summed E-state index contributed by atoms with van der Waals surface area (Å²) in [4.78, 5) is 32.9. The van der Waals surface area contributed by atoms with Gasteiger partial charge < -0.3 is 9.64 Å². The van der Waals surface area contributed by atoms with E-state index in [1.54, 1.807) is 12.1 Å². The third-order valence-corrected chi connectivity index (χ3v) is 5.88. The molecule has 0 bridgehead atoms. The number of ether oxygens (including phenoxy) is 1. The normalized spacial score (nSPS) is 19.7. The maximum atomic E-state index is 12.9. The molecule has 1 unspecified atom stereocenters. The Kier molecular flexibility index (Phi) is 4.99. The lowest BCUT2D eigenvalue weighted by atomic mass is 9.90. The van der Waals surface area contributed by atoms with E-state index < -0.39 is 0 Å². The van der Waals surface area contributed by atoms with Crippen LogP contribution in [0.25, 0.3) is 0 Å². The van der Waals surface area contributed by atoms with E-state index in [4.69, 9.17) is 4.74 Å². The molecule has 1 N–H and O–H groups in total. The Morgan fingerprint density at radius 3 is 2.73 bits per heavy atom. The van der Waals surface area contributed by atoms with E-state index in [1.807, 2.05) is 23.1 Å². The molecule has 136 valence electrons. The van der Waals surface area contributed by atoms with E-state index in [1.165, 1.54) is 11.3 Å². The lowest BCUT2D eigenvalue weighted by Gasteiger charge is -2.31. The quantitative estimate of drug-likeness (QED) is 0.900. The molecule has 2 aromatic rings. The number of thiazole rings is 1. The van der Waals surface area contributed by atoms with Crippen molar-refractivity contribution in [3.05, 3.63) is 46.5 Å². The number of benzene rings is 1. The van der Waals surface area contributed by atoms with Crippen molar-refractivity contribution in [2.45, 2.75) is 25.2 Å². The Morgan fingerprint density at radius 2 is 1.96 bits per heavy atom. The second kappa shape index (κ2) is 7.55. The average molecular weight is 371 g/mol. The molecule has 0 saturated carbocycles. The summed E-state index contributed by atoms with van der Waals surface area (Å²) in [6.07, 6.45) is 2.71. The van der Waals surface area contributed by atoms with E-state index in [-0.39, 0.29) is 17.7 Å². The van der Waals surface area contributed by atoms with Crippen LogP contribution in [0.1, 0.15) is 39.7 Å². The topological polar surface area (TPSA) is 71.5 Å². The molecule has 1 aliphatic carbocycles. The van der Waals surface area contributed by atoms with Crippen LogP contribution < -0.4 is 5.32 Å². The molecule has 2 amide bonds. The van der Waals surface area contributed by atoms with E-state index in [2.05, 4.69) is 10.3 Å². The molecule has 6 nitrogen and oxygen atoms in total. The molecule has 26 heavy (non-hydrogen) atoms. The van der Waals surface area contributed by atoms with Gasteiger partial charge in [-0.1, -0.05) is 18.2 Å². The Labute approximate surface area is 156 Å². The average Bonchev–Trinajstić information content (AvgIpc) is 3.11. The van der Waals surface area contributed by atoms with Crippen molar-refractivity contribution in [3.63, 3.8) is 0 Å². The van der Waals surface area contributed by atoms with Crippen LogP contribution in [0.3, 0.4) is 0 Å². The van der Waals surface area contributed by atoms with Crippen molar-refractivity contribution >= 4 is 28.3 Å². The van der Waals surface area contributed by atoms with Crippen molar-refractivity contribution < 1.29 is 14.3 Å². The molecule has 1 fully saturated rings. The first kappa shape index (κ1) is 17.2. The zero-order valence-electron chi connectivity index (χ0n) is 14.4. The largest absolute Gasteiger partial charge is 0.378 e. The van der Waals surface area contributed by atoms with Gasteiger partial charge >= 0.3 is 0 Å². The van der Waals surface area contributed by atoms with Crippen molar-refractivity contribution in [1.29, 1.82) is 0 Å². The third kappa shape index (κ3) is 3.50. The fourth-order valence-corrected chi connectivity index (χ4v) is 4.54. The van der Waals surface area contributed by atoms with Crippen molar-refractivity contribution in [1.82, 2.24) is 9.88 Å². The molecular formula is C19H21N3O3S. The molecule has 1 aromatic heterocycles. The minimum Gasteiger partial charge on any atom is -0.378 e. The second-order valence-corrected chi connectivity index (χ2v) is 7.61. The van der Waals surface area contributed by atoms with Crippen LogP contribution in [0, 0.1) is 0 Å². The van der Waals surface area contributed by atoms with Crippen LogP contribution in [0.4, 0.5) is 5.13 Å². The predicted octanol–water partition coefficient (Wildman–Crippen LogP) is 2.67. The number of rotatable bonds is 3. The zero-order valence-corrected chi connectivity index (χ0v) is 15.3. The SMILES string of the molecule is O=C(Nc1nc2c(s1)CCCC2C(=O)N1CCOCC1)c1ccccc1. The molecule has 7 heteroatoms. The molecule has 1 aromatic carbocycles. The highest BCUT2D eigenvalue weighted by atomic mass is 32.1. The van der Waals surface area contributed by atoms with E-state index in [0.29, 0.717) is 37.0 Å². The van der Waals surface area contributed by atoms with Gasteiger partial charge in [0.1, 0.15) is 0 Å². The minimum atomic E-state index is -0.199. The molecule has 1 saturated heterocycles. The summed E-state index contributed by atoms with van der Waals surface area (Å²) in [6, 6.07) is 9.08. The number of nitrogens with zero attached hydrogens (tertiary/aromatic N) is 2. The molecular weight excluding hydrogens is 350 g/mol. The van der Waals surface area contributed by atoms with Gasteiger partial charge in [0.05, 0.1) is 24.8 Å². The van der Waals surface area contributed by atoms with Crippen LogP contribution in [-0.4, -0.2) is 48.0 Å². The van der Waals surface area contributed by atoms with E-state index in [0.717, 1.165) is 29.8 Å². The number of carbonyl (C=O) groups excluding carboxylic acids is 2. The summed E-state index contributed by atoms with van der Waals surface area (Å²) in [6.45, 7) is 2.49.